The lowest BCUT2D eigenvalue weighted by Crippen LogP contribution is -2.43. The molecule has 0 aliphatic rings. The molecule has 0 aromatic rings. The minimum atomic E-state index is -0.200. The highest BCUT2D eigenvalue weighted by Crippen LogP contribution is 2.23. The van der Waals surface area contributed by atoms with E-state index < -0.39 is 0 Å². The normalized spacial score (nSPS) is 16.1. The Hall–Kier alpha value is -0.0800. The Morgan fingerprint density at radius 2 is 1.35 bits per heavy atom. The van der Waals surface area contributed by atoms with E-state index >= 15 is 0 Å². The van der Waals surface area contributed by atoms with Gasteiger partial charge in [0, 0.05) is 12.1 Å². The van der Waals surface area contributed by atoms with E-state index in [9.17, 15) is 0 Å². The molecule has 2 unspecified atom stereocenters. The van der Waals surface area contributed by atoms with E-state index in [2.05, 4.69) is 20.8 Å². The smallest absolute Gasteiger partial charge is 0.0448 e. The number of hydrogen-bond acceptors (Lipinski definition) is 2. The highest BCUT2D eigenvalue weighted by Gasteiger charge is 2.24. The molecule has 0 aromatic carbocycles. The lowest BCUT2D eigenvalue weighted by Gasteiger charge is -2.31. The fraction of sp³-hybridized carbons (Fsp3) is 1.00. The molecule has 0 amide bonds. The summed E-state index contributed by atoms with van der Waals surface area (Å²) < 4.78 is 0. The highest BCUT2D eigenvalue weighted by atomic mass is 16.3. The molecule has 122 valence electrons. The predicted molar refractivity (Wildman–Crippen MR) is 89.9 cm³/mol. The van der Waals surface area contributed by atoms with E-state index in [0.29, 0.717) is 12.3 Å². The molecule has 0 spiro atoms. The van der Waals surface area contributed by atoms with Crippen LogP contribution in [0.4, 0.5) is 0 Å². The fourth-order valence-corrected chi connectivity index (χ4v) is 2.75. The summed E-state index contributed by atoms with van der Waals surface area (Å²) in [6.45, 7) is 6.77. The van der Waals surface area contributed by atoms with Crippen LogP contribution in [0.25, 0.3) is 0 Å². The summed E-state index contributed by atoms with van der Waals surface area (Å²) in [4.78, 5) is 0. The van der Waals surface area contributed by atoms with Crippen LogP contribution in [0.15, 0.2) is 0 Å². The van der Waals surface area contributed by atoms with Crippen molar-refractivity contribution in [1.82, 2.24) is 0 Å². The van der Waals surface area contributed by atoms with Gasteiger partial charge in [0.25, 0.3) is 0 Å². The molecular weight excluding hydrogens is 246 g/mol. The Labute approximate surface area is 127 Å². The van der Waals surface area contributed by atoms with Gasteiger partial charge in [-0.15, -0.1) is 0 Å². The molecule has 0 radical (unpaired) electrons. The first kappa shape index (κ1) is 19.9. The van der Waals surface area contributed by atoms with E-state index in [1.165, 1.54) is 70.6 Å². The van der Waals surface area contributed by atoms with E-state index in [-0.39, 0.29) is 12.1 Å². The van der Waals surface area contributed by atoms with Crippen molar-refractivity contribution in [2.45, 2.75) is 103 Å². The van der Waals surface area contributed by atoms with Gasteiger partial charge in [-0.2, -0.15) is 0 Å². The Morgan fingerprint density at radius 3 is 1.80 bits per heavy atom. The number of unbranched alkanes of at least 4 members (excludes halogenated alkanes) is 9. The SMILES string of the molecule is CCCCCCCCCCCCC(C)C(C)(N)CCO. The van der Waals surface area contributed by atoms with Gasteiger partial charge in [0.15, 0.2) is 0 Å². The lowest BCUT2D eigenvalue weighted by molar-refractivity contribution is 0.200. The molecular formula is C18H39NO. The number of aliphatic hydroxyl groups excluding tert-OH is 1. The summed E-state index contributed by atoms with van der Waals surface area (Å²) in [5.74, 6) is 0.503. The zero-order valence-electron chi connectivity index (χ0n) is 14.3. The topological polar surface area (TPSA) is 46.2 Å². The van der Waals surface area contributed by atoms with Crippen LogP contribution in [0, 0.1) is 5.92 Å². The Bertz CT molecular complexity index is 204. The Balaban J connectivity index is 3.35. The van der Waals surface area contributed by atoms with Gasteiger partial charge in [0.2, 0.25) is 0 Å². The fourth-order valence-electron chi connectivity index (χ4n) is 2.75. The summed E-state index contributed by atoms with van der Waals surface area (Å²) in [6.07, 6.45) is 15.8. The van der Waals surface area contributed by atoms with Crippen LogP contribution < -0.4 is 5.73 Å². The second-order valence-electron chi connectivity index (χ2n) is 6.85. The van der Waals surface area contributed by atoms with Crippen LogP contribution in [-0.4, -0.2) is 17.3 Å². The molecule has 0 saturated carbocycles. The molecule has 20 heavy (non-hydrogen) atoms. The Kier molecular flexibility index (Phi) is 12.6. The summed E-state index contributed by atoms with van der Waals surface area (Å²) in [7, 11) is 0. The van der Waals surface area contributed by atoms with Crippen LogP contribution in [0.3, 0.4) is 0 Å². The van der Waals surface area contributed by atoms with Crippen LogP contribution in [0.2, 0.25) is 0 Å². The third-order valence-corrected chi connectivity index (χ3v) is 4.77. The van der Waals surface area contributed by atoms with Gasteiger partial charge >= 0.3 is 0 Å². The van der Waals surface area contributed by atoms with Gasteiger partial charge in [0.1, 0.15) is 0 Å². The van der Waals surface area contributed by atoms with E-state index in [4.69, 9.17) is 10.8 Å². The second-order valence-corrected chi connectivity index (χ2v) is 6.85. The zero-order valence-corrected chi connectivity index (χ0v) is 14.3. The van der Waals surface area contributed by atoms with E-state index in [0.717, 1.165) is 0 Å². The monoisotopic (exact) mass is 285 g/mol. The first-order valence-electron chi connectivity index (χ1n) is 8.94. The van der Waals surface area contributed by atoms with Crippen molar-refractivity contribution in [1.29, 1.82) is 0 Å². The van der Waals surface area contributed by atoms with Gasteiger partial charge < -0.3 is 10.8 Å². The third-order valence-electron chi connectivity index (χ3n) is 4.77. The minimum Gasteiger partial charge on any atom is -0.396 e. The van der Waals surface area contributed by atoms with Crippen molar-refractivity contribution >= 4 is 0 Å². The van der Waals surface area contributed by atoms with Crippen LogP contribution in [0.1, 0.15) is 97.8 Å². The lowest BCUT2D eigenvalue weighted by atomic mass is 9.82. The van der Waals surface area contributed by atoms with Crippen molar-refractivity contribution < 1.29 is 5.11 Å². The van der Waals surface area contributed by atoms with Crippen molar-refractivity contribution in [3.63, 3.8) is 0 Å². The first-order valence-corrected chi connectivity index (χ1v) is 8.94. The van der Waals surface area contributed by atoms with E-state index in [1.807, 2.05) is 0 Å². The molecule has 0 heterocycles. The molecule has 3 N–H and O–H groups in total. The summed E-state index contributed by atoms with van der Waals surface area (Å²) in [5.41, 5.74) is 6.03. The summed E-state index contributed by atoms with van der Waals surface area (Å²) >= 11 is 0. The Morgan fingerprint density at radius 1 is 0.900 bits per heavy atom. The summed E-state index contributed by atoms with van der Waals surface area (Å²) in [5, 5.41) is 9.02. The van der Waals surface area contributed by atoms with Crippen LogP contribution in [-0.2, 0) is 0 Å². The maximum atomic E-state index is 9.02. The molecule has 2 atom stereocenters. The van der Waals surface area contributed by atoms with Gasteiger partial charge in [-0.25, -0.2) is 0 Å². The van der Waals surface area contributed by atoms with Crippen molar-refractivity contribution in [2.75, 3.05) is 6.61 Å². The number of nitrogens with two attached hydrogens (primary N) is 1. The number of hydrogen-bond donors (Lipinski definition) is 2. The molecule has 0 aromatic heterocycles. The molecule has 0 bridgehead atoms. The molecule has 0 aliphatic heterocycles. The van der Waals surface area contributed by atoms with Crippen molar-refractivity contribution in [3.8, 4) is 0 Å². The largest absolute Gasteiger partial charge is 0.396 e. The quantitative estimate of drug-likeness (QED) is 0.439. The molecule has 0 fully saturated rings. The molecule has 0 saturated heterocycles. The highest BCUT2D eigenvalue weighted by molar-refractivity contribution is 4.83. The summed E-state index contributed by atoms with van der Waals surface area (Å²) in [6, 6.07) is 0. The van der Waals surface area contributed by atoms with Crippen molar-refractivity contribution in [2.24, 2.45) is 11.7 Å². The van der Waals surface area contributed by atoms with Gasteiger partial charge in [-0.3, -0.25) is 0 Å². The van der Waals surface area contributed by atoms with Crippen LogP contribution >= 0.6 is 0 Å². The first-order chi connectivity index (χ1) is 9.54. The van der Waals surface area contributed by atoms with E-state index in [1.54, 1.807) is 0 Å². The van der Waals surface area contributed by atoms with Crippen molar-refractivity contribution in [3.05, 3.63) is 0 Å². The maximum absolute atomic E-state index is 9.02. The maximum Gasteiger partial charge on any atom is 0.0448 e. The zero-order chi connectivity index (χ0) is 15.3. The standard InChI is InChI=1S/C18H39NO/c1-4-5-6-7-8-9-10-11-12-13-14-17(2)18(3,19)15-16-20/h17,20H,4-16,19H2,1-3H3. The molecule has 0 aliphatic carbocycles. The van der Waals surface area contributed by atoms with Gasteiger partial charge in [-0.05, 0) is 25.7 Å². The molecule has 2 heteroatoms. The van der Waals surface area contributed by atoms with Gasteiger partial charge in [-0.1, -0.05) is 78.1 Å². The van der Waals surface area contributed by atoms with Crippen LogP contribution in [0.5, 0.6) is 0 Å². The minimum absolute atomic E-state index is 0.200. The average Bonchev–Trinajstić information content (AvgIpc) is 2.40. The molecule has 0 rings (SSSR count). The third kappa shape index (κ3) is 10.7. The number of rotatable bonds is 14. The molecule has 2 nitrogen and oxygen atoms in total. The average molecular weight is 286 g/mol. The second kappa shape index (κ2) is 12.6. The number of aliphatic hydroxyl groups is 1. The predicted octanol–water partition coefficient (Wildman–Crippen LogP) is 5.03. The van der Waals surface area contributed by atoms with Gasteiger partial charge in [0.05, 0.1) is 0 Å².